The topological polar surface area (TPSA) is 65.0 Å². The van der Waals surface area contributed by atoms with Gasteiger partial charge in [0.05, 0.1) is 20.3 Å². The normalized spacial score (nSPS) is 14.0. The largest absolute Gasteiger partial charge is 0.497 e. The lowest BCUT2D eigenvalue weighted by atomic mass is 10.1. The Morgan fingerprint density at radius 3 is 2.05 bits per heavy atom. The molecule has 5 nitrogen and oxygen atoms in total. The highest BCUT2D eigenvalue weighted by atomic mass is 31.2. The Balaban J connectivity index is 3.10. The quantitative estimate of drug-likeness (QED) is 0.740. The fourth-order valence-electron chi connectivity index (χ4n) is 1.69. The maximum atomic E-state index is 14.3. The molecule has 120 valence electrons. The Kier molecular flexibility index (Phi) is 6.28. The third-order valence-corrected chi connectivity index (χ3v) is 4.89. The number of aliphatic hydroxyl groups is 1. The predicted molar refractivity (Wildman–Crippen MR) is 73.8 cm³/mol. The Bertz CT molecular complexity index is 482. The van der Waals surface area contributed by atoms with Gasteiger partial charge in [-0.3, -0.25) is 4.57 Å². The number of halogens is 2. The molecule has 0 unspecified atom stereocenters. The van der Waals surface area contributed by atoms with E-state index in [1.807, 2.05) is 0 Å². The van der Waals surface area contributed by atoms with Crippen LogP contribution in [0.25, 0.3) is 0 Å². The van der Waals surface area contributed by atoms with Crippen LogP contribution in [0.3, 0.4) is 0 Å². The molecule has 0 aliphatic carbocycles. The molecule has 0 fully saturated rings. The highest BCUT2D eigenvalue weighted by Gasteiger charge is 2.59. The van der Waals surface area contributed by atoms with Crippen molar-refractivity contribution in [1.82, 2.24) is 0 Å². The third-order valence-electron chi connectivity index (χ3n) is 2.72. The molecule has 0 heterocycles. The highest BCUT2D eigenvalue weighted by Crippen LogP contribution is 2.66. The van der Waals surface area contributed by atoms with E-state index in [4.69, 9.17) is 4.74 Å². The van der Waals surface area contributed by atoms with E-state index in [-0.39, 0.29) is 18.8 Å². The van der Waals surface area contributed by atoms with Crippen molar-refractivity contribution in [3.8, 4) is 5.75 Å². The number of rotatable bonds is 8. The molecule has 0 radical (unpaired) electrons. The van der Waals surface area contributed by atoms with E-state index in [1.54, 1.807) is 0 Å². The molecule has 1 aromatic rings. The van der Waals surface area contributed by atoms with Crippen molar-refractivity contribution in [3.05, 3.63) is 29.8 Å². The molecule has 1 rings (SSSR count). The summed E-state index contributed by atoms with van der Waals surface area (Å²) in [7, 11) is -3.35. The van der Waals surface area contributed by atoms with Crippen LogP contribution in [-0.4, -0.2) is 31.1 Å². The summed E-state index contributed by atoms with van der Waals surface area (Å²) in [6.45, 7) is 2.40. The Morgan fingerprint density at radius 1 is 1.19 bits per heavy atom. The molecule has 0 spiro atoms. The number of alkyl halides is 2. The van der Waals surface area contributed by atoms with Crippen LogP contribution in [-0.2, 0) is 13.6 Å². The van der Waals surface area contributed by atoms with Gasteiger partial charge in [0.1, 0.15) is 5.75 Å². The standard InChI is InChI=1S/C13H19F2O5P/c1-4-19-21(17,20-5-2)13(14,15)12(16)10-6-8-11(18-3)9-7-10/h6-9,12,16H,4-5H2,1-3H3/t12-/m1/s1. The summed E-state index contributed by atoms with van der Waals surface area (Å²) in [5.74, 6) is 0.451. The first-order chi connectivity index (χ1) is 9.82. The molecule has 0 aliphatic heterocycles. The Labute approximate surface area is 122 Å². The summed E-state index contributed by atoms with van der Waals surface area (Å²) in [5.41, 5.74) is -4.17. The first kappa shape index (κ1) is 18.0. The van der Waals surface area contributed by atoms with E-state index in [9.17, 15) is 18.5 Å². The van der Waals surface area contributed by atoms with Crippen LogP contribution in [0.5, 0.6) is 5.75 Å². The molecular formula is C13H19F2O5P. The molecule has 0 aliphatic rings. The first-order valence-electron chi connectivity index (χ1n) is 6.41. The number of ether oxygens (including phenoxy) is 1. The maximum Gasteiger partial charge on any atom is 0.402 e. The molecular weight excluding hydrogens is 305 g/mol. The number of hydrogen-bond acceptors (Lipinski definition) is 5. The number of hydrogen-bond donors (Lipinski definition) is 1. The molecule has 0 saturated carbocycles. The van der Waals surface area contributed by atoms with Crippen molar-refractivity contribution in [2.24, 2.45) is 0 Å². The number of benzene rings is 1. The van der Waals surface area contributed by atoms with Crippen molar-refractivity contribution in [2.45, 2.75) is 25.6 Å². The third kappa shape index (κ3) is 3.80. The fraction of sp³-hybridized carbons (Fsp3) is 0.538. The van der Waals surface area contributed by atoms with Gasteiger partial charge in [-0.25, -0.2) is 0 Å². The zero-order valence-corrected chi connectivity index (χ0v) is 13.0. The van der Waals surface area contributed by atoms with Gasteiger partial charge in [-0.2, -0.15) is 8.78 Å². The van der Waals surface area contributed by atoms with E-state index in [1.165, 1.54) is 45.2 Å². The number of aliphatic hydroxyl groups excluding tert-OH is 1. The molecule has 21 heavy (non-hydrogen) atoms. The van der Waals surface area contributed by atoms with Crippen LogP contribution in [0.15, 0.2) is 24.3 Å². The van der Waals surface area contributed by atoms with Gasteiger partial charge in [-0.1, -0.05) is 12.1 Å². The van der Waals surface area contributed by atoms with E-state index in [0.29, 0.717) is 5.75 Å². The lowest BCUT2D eigenvalue weighted by molar-refractivity contribution is -0.0676. The molecule has 8 heteroatoms. The van der Waals surface area contributed by atoms with Gasteiger partial charge in [-0.05, 0) is 31.5 Å². The first-order valence-corrected chi connectivity index (χ1v) is 7.95. The maximum absolute atomic E-state index is 14.3. The molecule has 1 atom stereocenters. The minimum atomic E-state index is -4.78. The second-order valence-corrected chi connectivity index (χ2v) is 6.20. The van der Waals surface area contributed by atoms with E-state index in [2.05, 4.69) is 9.05 Å². The molecule has 1 aromatic carbocycles. The molecule has 0 amide bonds. The van der Waals surface area contributed by atoms with E-state index < -0.39 is 19.4 Å². The minimum absolute atomic E-state index is 0.111. The number of methoxy groups -OCH3 is 1. The van der Waals surface area contributed by atoms with Gasteiger partial charge in [0.2, 0.25) is 0 Å². The monoisotopic (exact) mass is 324 g/mol. The van der Waals surface area contributed by atoms with Crippen LogP contribution in [0.2, 0.25) is 0 Å². The van der Waals surface area contributed by atoms with Crippen molar-refractivity contribution in [3.63, 3.8) is 0 Å². The van der Waals surface area contributed by atoms with Crippen molar-refractivity contribution < 1.29 is 32.2 Å². The molecule has 1 N–H and O–H groups in total. The molecule has 0 saturated heterocycles. The second kappa shape index (κ2) is 7.31. The van der Waals surface area contributed by atoms with Crippen LogP contribution in [0, 0.1) is 0 Å². The summed E-state index contributed by atoms with van der Waals surface area (Å²) in [4.78, 5) is 0. The van der Waals surface area contributed by atoms with Gasteiger partial charge >= 0.3 is 13.3 Å². The fourth-order valence-corrected chi connectivity index (χ4v) is 3.23. The highest BCUT2D eigenvalue weighted by molar-refractivity contribution is 7.55. The second-order valence-electron chi connectivity index (χ2n) is 4.10. The smallest absolute Gasteiger partial charge is 0.402 e. The van der Waals surface area contributed by atoms with Gasteiger partial charge in [0.25, 0.3) is 0 Å². The lowest BCUT2D eigenvalue weighted by Gasteiger charge is -2.29. The SMILES string of the molecule is CCOP(=O)(OCC)C(F)(F)[C@H](O)c1ccc(OC)cc1. The van der Waals surface area contributed by atoms with Crippen LogP contribution in [0.1, 0.15) is 25.5 Å². The van der Waals surface area contributed by atoms with Crippen molar-refractivity contribution >= 4 is 7.60 Å². The van der Waals surface area contributed by atoms with Crippen LogP contribution < -0.4 is 4.74 Å². The predicted octanol–water partition coefficient (Wildman–Crippen LogP) is 3.59. The Hall–Kier alpha value is -1.01. The van der Waals surface area contributed by atoms with Crippen LogP contribution >= 0.6 is 7.60 Å². The average Bonchev–Trinajstić information content (AvgIpc) is 2.47. The van der Waals surface area contributed by atoms with Crippen molar-refractivity contribution in [1.29, 1.82) is 0 Å². The lowest BCUT2D eigenvalue weighted by Crippen LogP contribution is -2.28. The summed E-state index contributed by atoms with van der Waals surface area (Å²) < 4.78 is 55.0. The average molecular weight is 324 g/mol. The zero-order valence-electron chi connectivity index (χ0n) is 12.1. The van der Waals surface area contributed by atoms with Crippen LogP contribution in [0.4, 0.5) is 8.78 Å². The van der Waals surface area contributed by atoms with E-state index >= 15 is 0 Å². The van der Waals surface area contributed by atoms with Gasteiger partial charge < -0.3 is 18.9 Å². The van der Waals surface area contributed by atoms with E-state index in [0.717, 1.165) is 0 Å². The van der Waals surface area contributed by atoms with Gasteiger partial charge in [0.15, 0.2) is 6.10 Å². The molecule has 0 bridgehead atoms. The summed E-state index contributed by atoms with van der Waals surface area (Å²) in [6, 6.07) is 5.36. The van der Waals surface area contributed by atoms with Gasteiger partial charge in [0, 0.05) is 0 Å². The van der Waals surface area contributed by atoms with Gasteiger partial charge in [-0.15, -0.1) is 0 Å². The minimum Gasteiger partial charge on any atom is -0.497 e. The van der Waals surface area contributed by atoms with Crippen molar-refractivity contribution in [2.75, 3.05) is 20.3 Å². The summed E-state index contributed by atoms with van der Waals surface area (Å²) in [6.07, 6.45) is -2.31. The summed E-state index contributed by atoms with van der Waals surface area (Å²) in [5, 5.41) is 9.88. The summed E-state index contributed by atoms with van der Waals surface area (Å²) >= 11 is 0. The molecule has 0 aromatic heterocycles. The Morgan fingerprint density at radius 2 is 1.67 bits per heavy atom. The zero-order chi connectivity index (χ0) is 16.1.